The van der Waals surface area contributed by atoms with Gasteiger partial charge in [-0.15, -0.1) is 10.2 Å². The van der Waals surface area contributed by atoms with Crippen LogP contribution in [0.25, 0.3) is 11.5 Å². The molecule has 0 atom stereocenters. The zero-order valence-corrected chi connectivity index (χ0v) is 19.5. The third-order valence-electron chi connectivity index (χ3n) is 5.16. The number of hydrogen-bond acceptors (Lipinski definition) is 11. The van der Waals surface area contributed by atoms with Crippen LogP contribution in [0.1, 0.15) is 29.1 Å². The van der Waals surface area contributed by atoms with E-state index in [1.54, 1.807) is 30.3 Å². The van der Waals surface area contributed by atoms with Gasteiger partial charge in [0.05, 0.1) is 27.8 Å². The first kappa shape index (κ1) is 23.9. The number of aromatic nitrogens is 2. The Bertz CT molecular complexity index is 1200. The van der Waals surface area contributed by atoms with Gasteiger partial charge in [-0.2, -0.15) is 0 Å². The van der Waals surface area contributed by atoms with E-state index in [0.717, 1.165) is 0 Å². The number of fused-ring (bicyclic) bond motifs is 1. The molecule has 0 spiro atoms. The Kier molecular flexibility index (Phi) is 7.34. The number of methoxy groups -OCH3 is 3. The molecule has 4 rings (SSSR count). The molecule has 0 bridgehead atoms. The van der Waals surface area contributed by atoms with E-state index in [0.29, 0.717) is 53.1 Å². The maximum absolute atomic E-state index is 12.4. The number of Topliss-reactive ketones (excluding diaryl/α,β-unsaturated/α-hetero) is 1. The smallest absolute Gasteiger partial charge is 0.306 e. The molecule has 0 saturated carbocycles. The lowest BCUT2D eigenvalue weighted by Gasteiger charge is -2.18. The number of ether oxygens (including phenoxy) is 6. The van der Waals surface area contributed by atoms with Gasteiger partial charge in [0.25, 0.3) is 5.89 Å². The summed E-state index contributed by atoms with van der Waals surface area (Å²) in [7, 11) is 4.50. The van der Waals surface area contributed by atoms with Crippen molar-refractivity contribution in [1.29, 1.82) is 0 Å². The lowest BCUT2D eigenvalue weighted by Crippen LogP contribution is -2.16. The van der Waals surface area contributed by atoms with Crippen molar-refractivity contribution in [2.24, 2.45) is 0 Å². The number of carbonyl (C=O) groups excluding carboxylic acids is 2. The predicted octanol–water partition coefficient (Wildman–Crippen LogP) is 3.24. The monoisotopic (exact) mass is 484 g/mol. The SMILES string of the molecule is COc1cc(-c2nnc(COC(=O)CCC(=O)c3ccc4c(c3)OCCO4)o2)cc(OC)c1OC. The highest BCUT2D eigenvalue weighted by molar-refractivity contribution is 5.98. The van der Waals surface area contributed by atoms with Crippen LogP contribution in [0.5, 0.6) is 28.7 Å². The Morgan fingerprint density at radius 2 is 1.60 bits per heavy atom. The van der Waals surface area contributed by atoms with Gasteiger partial charge in [0.2, 0.25) is 11.6 Å². The molecular weight excluding hydrogens is 460 g/mol. The number of rotatable bonds is 10. The molecule has 0 aliphatic carbocycles. The van der Waals surface area contributed by atoms with Crippen LogP contribution in [0, 0.1) is 0 Å². The zero-order chi connectivity index (χ0) is 24.8. The fourth-order valence-electron chi connectivity index (χ4n) is 3.42. The highest BCUT2D eigenvalue weighted by atomic mass is 16.6. The van der Waals surface area contributed by atoms with Gasteiger partial charge in [-0.05, 0) is 30.3 Å². The summed E-state index contributed by atoms with van der Waals surface area (Å²) in [4.78, 5) is 24.6. The van der Waals surface area contributed by atoms with Crippen LogP contribution in [0.2, 0.25) is 0 Å². The molecule has 0 fully saturated rings. The molecule has 1 aliphatic rings. The van der Waals surface area contributed by atoms with Gasteiger partial charge in [0.15, 0.2) is 35.4 Å². The summed E-state index contributed by atoms with van der Waals surface area (Å²) < 4.78 is 37.7. The normalized spacial score (nSPS) is 12.1. The summed E-state index contributed by atoms with van der Waals surface area (Å²) in [6, 6.07) is 8.26. The minimum absolute atomic E-state index is 0.0149. The Labute approximate surface area is 200 Å². The van der Waals surface area contributed by atoms with E-state index in [1.165, 1.54) is 21.3 Å². The number of esters is 1. The molecule has 0 amide bonds. The van der Waals surface area contributed by atoms with Gasteiger partial charge in [-0.25, -0.2) is 0 Å². The molecule has 0 N–H and O–H groups in total. The van der Waals surface area contributed by atoms with E-state index in [4.69, 9.17) is 32.8 Å². The summed E-state index contributed by atoms with van der Waals surface area (Å²) in [6.07, 6.45) is -0.111. The highest BCUT2D eigenvalue weighted by Gasteiger charge is 2.19. The number of benzene rings is 2. The molecule has 184 valence electrons. The van der Waals surface area contributed by atoms with Crippen molar-refractivity contribution in [3.63, 3.8) is 0 Å². The molecular formula is C24H24N2O9. The molecule has 0 unspecified atom stereocenters. The summed E-state index contributed by atoms with van der Waals surface area (Å²) in [5.74, 6) is 1.90. The Morgan fingerprint density at radius 3 is 2.29 bits per heavy atom. The van der Waals surface area contributed by atoms with Gasteiger partial charge in [-0.3, -0.25) is 9.59 Å². The van der Waals surface area contributed by atoms with Gasteiger partial charge in [-0.1, -0.05) is 0 Å². The average Bonchev–Trinajstić information content (AvgIpc) is 3.38. The quantitative estimate of drug-likeness (QED) is 0.311. The summed E-state index contributed by atoms with van der Waals surface area (Å²) in [5.41, 5.74) is 0.976. The molecule has 35 heavy (non-hydrogen) atoms. The van der Waals surface area contributed by atoms with Crippen molar-refractivity contribution in [3.05, 3.63) is 41.8 Å². The second-order valence-corrected chi connectivity index (χ2v) is 7.36. The van der Waals surface area contributed by atoms with Crippen LogP contribution in [-0.2, 0) is 16.1 Å². The minimum Gasteiger partial charge on any atom is -0.493 e. The Morgan fingerprint density at radius 1 is 0.886 bits per heavy atom. The second-order valence-electron chi connectivity index (χ2n) is 7.36. The number of nitrogens with zero attached hydrogens (tertiary/aromatic N) is 2. The molecule has 0 radical (unpaired) electrons. The second kappa shape index (κ2) is 10.8. The van der Waals surface area contributed by atoms with Gasteiger partial charge >= 0.3 is 5.97 Å². The third-order valence-corrected chi connectivity index (χ3v) is 5.16. The van der Waals surface area contributed by atoms with E-state index in [1.807, 2.05) is 0 Å². The summed E-state index contributed by atoms with van der Waals surface area (Å²) in [6.45, 7) is 0.665. The van der Waals surface area contributed by atoms with Crippen LogP contribution >= 0.6 is 0 Å². The lowest BCUT2D eigenvalue weighted by atomic mass is 10.1. The Hall–Kier alpha value is -4.28. The first-order valence-electron chi connectivity index (χ1n) is 10.7. The molecule has 3 aromatic rings. The van der Waals surface area contributed by atoms with Crippen molar-refractivity contribution in [1.82, 2.24) is 10.2 Å². The Balaban J connectivity index is 1.32. The zero-order valence-electron chi connectivity index (χ0n) is 19.5. The molecule has 2 aromatic carbocycles. The van der Waals surface area contributed by atoms with Crippen LogP contribution in [0.4, 0.5) is 0 Å². The summed E-state index contributed by atoms with van der Waals surface area (Å²) in [5, 5.41) is 7.89. The maximum Gasteiger partial charge on any atom is 0.306 e. The fraction of sp³-hybridized carbons (Fsp3) is 0.333. The van der Waals surface area contributed by atoms with Gasteiger partial charge < -0.3 is 32.8 Å². The molecule has 11 heteroatoms. The van der Waals surface area contributed by atoms with Crippen LogP contribution in [0.3, 0.4) is 0 Å². The molecule has 1 aliphatic heterocycles. The highest BCUT2D eigenvalue weighted by Crippen LogP contribution is 2.40. The number of carbonyl (C=O) groups is 2. The van der Waals surface area contributed by atoms with E-state index < -0.39 is 5.97 Å². The largest absolute Gasteiger partial charge is 0.493 e. The first-order chi connectivity index (χ1) is 17.0. The van der Waals surface area contributed by atoms with Crippen molar-refractivity contribution in [2.75, 3.05) is 34.5 Å². The average molecular weight is 484 g/mol. The van der Waals surface area contributed by atoms with Crippen molar-refractivity contribution >= 4 is 11.8 Å². The van der Waals surface area contributed by atoms with Crippen molar-refractivity contribution < 1.29 is 42.4 Å². The van der Waals surface area contributed by atoms with E-state index in [2.05, 4.69) is 10.2 Å². The molecule has 2 heterocycles. The summed E-state index contributed by atoms with van der Waals surface area (Å²) >= 11 is 0. The van der Waals surface area contributed by atoms with Crippen molar-refractivity contribution in [3.8, 4) is 40.2 Å². The van der Waals surface area contributed by atoms with E-state index in [-0.39, 0.29) is 37.0 Å². The predicted molar refractivity (Wildman–Crippen MR) is 120 cm³/mol. The topological polar surface area (TPSA) is 128 Å². The van der Waals surface area contributed by atoms with Crippen LogP contribution in [-0.4, -0.2) is 56.5 Å². The van der Waals surface area contributed by atoms with E-state index >= 15 is 0 Å². The molecule has 0 saturated heterocycles. The maximum atomic E-state index is 12.4. The minimum atomic E-state index is -0.566. The van der Waals surface area contributed by atoms with E-state index in [9.17, 15) is 9.59 Å². The lowest BCUT2D eigenvalue weighted by molar-refractivity contribution is -0.145. The standard InChI is InChI=1S/C24H24N2O9/c1-29-19-11-15(12-20(30-2)23(19)31-3)24-26-25-21(35-24)13-34-22(28)7-5-16(27)14-4-6-17-18(10-14)33-9-8-32-17/h4,6,10-12H,5,7-9,13H2,1-3H3. The number of hydrogen-bond donors (Lipinski definition) is 0. The van der Waals surface area contributed by atoms with Crippen LogP contribution in [0.15, 0.2) is 34.7 Å². The van der Waals surface area contributed by atoms with Crippen molar-refractivity contribution in [2.45, 2.75) is 19.4 Å². The molecule has 11 nitrogen and oxygen atoms in total. The van der Waals surface area contributed by atoms with Gasteiger partial charge in [0, 0.05) is 17.5 Å². The fourth-order valence-corrected chi connectivity index (χ4v) is 3.42. The van der Waals surface area contributed by atoms with Crippen LogP contribution < -0.4 is 23.7 Å². The third kappa shape index (κ3) is 5.45. The van der Waals surface area contributed by atoms with Gasteiger partial charge in [0.1, 0.15) is 13.2 Å². The first-order valence-corrected chi connectivity index (χ1v) is 10.7. The number of ketones is 1. The molecule has 1 aromatic heterocycles.